The van der Waals surface area contributed by atoms with Crippen molar-refractivity contribution in [1.82, 2.24) is 9.97 Å². The lowest BCUT2D eigenvalue weighted by molar-refractivity contribution is -0.00537. The second kappa shape index (κ2) is 7.14. The molecule has 0 N–H and O–H groups in total. The van der Waals surface area contributed by atoms with E-state index in [-0.39, 0.29) is 12.2 Å². The number of morpholine rings is 1. The van der Waals surface area contributed by atoms with E-state index >= 15 is 0 Å². The van der Waals surface area contributed by atoms with Crippen LogP contribution in [0, 0.1) is 0 Å². The minimum absolute atomic E-state index is 0.161. The molecule has 4 rings (SSSR count). The van der Waals surface area contributed by atoms with E-state index in [2.05, 4.69) is 65.3 Å². The summed E-state index contributed by atoms with van der Waals surface area (Å²) in [4.78, 5) is 12.3. The van der Waals surface area contributed by atoms with Crippen LogP contribution in [0.3, 0.4) is 0 Å². The van der Waals surface area contributed by atoms with E-state index in [1.807, 2.05) is 0 Å². The first-order chi connectivity index (χ1) is 12.5. The zero-order valence-corrected chi connectivity index (χ0v) is 16.8. The van der Waals surface area contributed by atoms with Crippen molar-refractivity contribution in [1.29, 1.82) is 0 Å². The van der Waals surface area contributed by atoms with Crippen LogP contribution in [-0.4, -0.2) is 35.3 Å². The Kier molecular flexibility index (Phi) is 4.86. The zero-order chi connectivity index (χ0) is 18.3. The van der Waals surface area contributed by atoms with Crippen molar-refractivity contribution >= 4 is 39.0 Å². The van der Waals surface area contributed by atoms with Crippen molar-refractivity contribution in [2.45, 2.75) is 39.4 Å². The third-order valence-electron chi connectivity index (χ3n) is 4.78. The van der Waals surface area contributed by atoms with Crippen LogP contribution in [-0.2, 0) is 11.2 Å². The molecule has 4 nitrogen and oxygen atoms in total. The van der Waals surface area contributed by atoms with Gasteiger partial charge in [0, 0.05) is 24.0 Å². The SMILES string of the molecule is CCc1ccc(-c2csc3nc(Cl)nc(N4CC(C)OC(C)C4)c23)cc1. The standard InChI is InChI=1S/C20H22ClN3OS/c1-4-14-5-7-15(8-6-14)16-11-26-19-17(16)18(22-20(21)23-19)24-9-12(2)25-13(3)10-24/h5-8,11-13H,4,9-10H2,1-3H3. The third-order valence-corrected chi connectivity index (χ3v) is 5.82. The number of fused-ring (bicyclic) bond motifs is 1. The van der Waals surface area contributed by atoms with Gasteiger partial charge in [0.1, 0.15) is 10.6 Å². The fourth-order valence-electron chi connectivity index (χ4n) is 3.61. The number of aryl methyl sites for hydroxylation is 1. The summed E-state index contributed by atoms with van der Waals surface area (Å²) in [6.45, 7) is 7.97. The van der Waals surface area contributed by atoms with Gasteiger partial charge in [0.15, 0.2) is 0 Å². The highest BCUT2D eigenvalue weighted by Crippen LogP contribution is 2.39. The first-order valence-corrected chi connectivity index (χ1v) is 10.3. The van der Waals surface area contributed by atoms with E-state index in [1.165, 1.54) is 16.7 Å². The van der Waals surface area contributed by atoms with Gasteiger partial charge in [0.05, 0.1) is 17.6 Å². The Morgan fingerprint density at radius 2 is 1.85 bits per heavy atom. The largest absolute Gasteiger partial charge is 0.372 e. The molecule has 2 unspecified atom stereocenters. The minimum atomic E-state index is 0.161. The number of thiophene rings is 1. The van der Waals surface area contributed by atoms with Crippen LogP contribution in [0.5, 0.6) is 0 Å². The van der Waals surface area contributed by atoms with Crippen molar-refractivity contribution in [2.24, 2.45) is 0 Å². The van der Waals surface area contributed by atoms with Crippen LogP contribution in [0.15, 0.2) is 29.6 Å². The van der Waals surface area contributed by atoms with E-state index in [9.17, 15) is 0 Å². The summed E-state index contributed by atoms with van der Waals surface area (Å²) in [5, 5.41) is 3.55. The van der Waals surface area contributed by atoms with E-state index in [4.69, 9.17) is 16.3 Å². The molecule has 136 valence electrons. The maximum Gasteiger partial charge on any atom is 0.225 e. The molecular weight excluding hydrogens is 366 g/mol. The van der Waals surface area contributed by atoms with Gasteiger partial charge >= 0.3 is 0 Å². The Hall–Kier alpha value is -1.69. The molecular formula is C20H22ClN3OS. The molecule has 0 saturated carbocycles. The van der Waals surface area contributed by atoms with Crippen LogP contribution < -0.4 is 4.90 Å². The molecule has 2 aromatic heterocycles. The molecule has 3 heterocycles. The highest BCUT2D eigenvalue weighted by atomic mass is 35.5. The topological polar surface area (TPSA) is 38.2 Å². The fraction of sp³-hybridized carbons (Fsp3) is 0.400. The summed E-state index contributed by atoms with van der Waals surface area (Å²) in [6.07, 6.45) is 1.36. The van der Waals surface area contributed by atoms with Crippen LogP contribution in [0.4, 0.5) is 5.82 Å². The number of hydrogen-bond acceptors (Lipinski definition) is 5. The molecule has 0 aliphatic carbocycles. The molecule has 0 radical (unpaired) electrons. The lowest BCUT2D eigenvalue weighted by Gasteiger charge is -2.36. The molecule has 1 saturated heterocycles. The van der Waals surface area contributed by atoms with Gasteiger partial charge < -0.3 is 9.64 Å². The number of benzene rings is 1. The molecule has 1 fully saturated rings. The van der Waals surface area contributed by atoms with Crippen molar-refractivity contribution < 1.29 is 4.74 Å². The quantitative estimate of drug-likeness (QED) is 0.580. The lowest BCUT2D eigenvalue weighted by atomic mass is 10.0. The Balaban J connectivity index is 1.85. The van der Waals surface area contributed by atoms with Gasteiger partial charge in [-0.15, -0.1) is 11.3 Å². The summed E-state index contributed by atoms with van der Waals surface area (Å²) >= 11 is 7.86. The summed E-state index contributed by atoms with van der Waals surface area (Å²) in [7, 11) is 0. The average Bonchev–Trinajstić information content (AvgIpc) is 3.04. The van der Waals surface area contributed by atoms with Crippen molar-refractivity contribution in [3.63, 3.8) is 0 Å². The molecule has 1 aromatic carbocycles. The van der Waals surface area contributed by atoms with Crippen molar-refractivity contribution in [2.75, 3.05) is 18.0 Å². The van der Waals surface area contributed by atoms with Crippen molar-refractivity contribution in [3.05, 3.63) is 40.5 Å². The third kappa shape index (κ3) is 3.31. The summed E-state index contributed by atoms with van der Waals surface area (Å²) < 4.78 is 5.89. The smallest absolute Gasteiger partial charge is 0.225 e. The van der Waals surface area contributed by atoms with Gasteiger partial charge in [-0.1, -0.05) is 31.2 Å². The van der Waals surface area contributed by atoms with Gasteiger partial charge in [0.2, 0.25) is 5.28 Å². The van der Waals surface area contributed by atoms with Gasteiger partial charge in [-0.05, 0) is 43.0 Å². The maximum absolute atomic E-state index is 6.24. The Morgan fingerprint density at radius 3 is 2.50 bits per heavy atom. The summed E-state index contributed by atoms with van der Waals surface area (Å²) in [5.41, 5.74) is 3.70. The monoisotopic (exact) mass is 387 g/mol. The summed E-state index contributed by atoms with van der Waals surface area (Å²) in [5.74, 6) is 0.915. The second-order valence-corrected chi connectivity index (χ2v) is 8.05. The number of rotatable bonds is 3. The fourth-order valence-corrected chi connectivity index (χ4v) is 4.77. The first kappa shape index (κ1) is 17.7. The van der Waals surface area contributed by atoms with Crippen LogP contribution in [0.25, 0.3) is 21.3 Å². The Morgan fingerprint density at radius 1 is 1.15 bits per heavy atom. The van der Waals surface area contributed by atoms with Crippen LogP contribution in [0.1, 0.15) is 26.3 Å². The van der Waals surface area contributed by atoms with Gasteiger partial charge in [0.25, 0.3) is 0 Å². The molecule has 0 amide bonds. The van der Waals surface area contributed by atoms with E-state index in [0.717, 1.165) is 35.5 Å². The average molecular weight is 388 g/mol. The normalized spacial score (nSPS) is 20.7. The van der Waals surface area contributed by atoms with Crippen molar-refractivity contribution in [3.8, 4) is 11.1 Å². The predicted octanol–water partition coefficient (Wildman–Crippen LogP) is 5.19. The molecule has 2 atom stereocenters. The summed E-state index contributed by atoms with van der Waals surface area (Å²) in [6, 6.07) is 8.74. The number of halogens is 1. The highest BCUT2D eigenvalue weighted by molar-refractivity contribution is 7.17. The van der Waals surface area contributed by atoms with Gasteiger partial charge in [-0.2, -0.15) is 4.98 Å². The highest BCUT2D eigenvalue weighted by Gasteiger charge is 2.26. The second-order valence-electron chi connectivity index (χ2n) is 6.86. The van der Waals surface area contributed by atoms with E-state index in [1.54, 1.807) is 11.3 Å². The van der Waals surface area contributed by atoms with Gasteiger partial charge in [-0.3, -0.25) is 0 Å². The number of ether oxygens (including phenoxy) is 1. The number of anilines is 1. The molecule has 3 aromatic rings. The number of nitrogens with zero attached hydrogens (tertiary/aromatic N) is 3. The zero-order valence-electron chi connectivity index (χ0n) is 15.2. The van der Waals surface area contributed by atoms with E-state index in [0.29, 0.717) is 5.28 Å². The molecule has 1 aliphatic heterocycles. The Bertz CT molecular complexity index is 915. The molecule has 0 bridgehead atoms. The molecule has 1 aliphatic rings. The minimum Gasteiger partial charge on any atom is -0.372 e. The first-order valence-electron chi connectivity index (χ1n) is 8.99. The van der Waals surface area contributed by atoms with Crippen LogP contribution >= 0.6 is 22.9 Å². The molecule has 0 spiro atoms. The number of hydrogen-bond donors (Lipinski definition) is 0. The maximum atomic E-state index is 6.24. The predicted molar refractivity (Wildman–Crippen MR) is 109 cm³/mol. The lowest BCUT2D eigenvalue weighted by Crippen LogP contribution is -2.46. The Labute approximate surface area is 162 Å². The number of aromatic nitrogens is 2. The van der Waals surface area contributed by atoms with Gasteiger partial charge in [-0.25, -0.2) is 4.98 Å². The van der Waals surface area contributed by atoms with E-state index < -0.39 is 0 Å². The molecule has 6 heteroatoms. The van der Waals surface area contributed by atoms with Crippen LogP contribution in [0.2, 0.25) is 5.28 Å². The molecule has 26 heavy (non-hydrogen) atoms.